The fraction of sp³-hybridized carbons (Fsp3) is 0.429. The van der Waals surface area contributed by atoms with Crippen LogP contribution in [-0.4, -0.2) is 24.5 Å². The maximum Gasteiger partial charge on any atom is 0.226 e. The van der Waals surface area contributed by atoms with Crippen molar-refractivity contribution in [3.8, 4) is 0 Å². The van der Waals surface area contributed by atoms with E-state index in [1.165, 1.54) is 6.92 Å². The quantitative estimate of drug-likeness (QED) is 0.873. The minimum atomic E-state index is -0.136. The number of nitrogens with one attached hydrogen (secondary N) is 2. The standard InChI is InChI=1S/C14H18N2O3/c1-10(17)15-11-4-2-5-12(8-11)16-14(18)9-13-6-3-7-19-13/h2,4-5,8,13H,3,6-7,9H2,1H3,(H,15,17)(H,16,18). The summed E-state index contributed by atoms with van der Waals surface area (Å²) in [6.45, 7) is 2.19. The van der Waals surface area contributed by atoms with E-state index < -0.39 is 0 Å². The molecular formula is C14H18N2O3. The molecule has 1 aromatic rings. The third-order valence-electron chi connectivity index (χ3n) is 2.90. The number of carbonyl (C=O) groups excluding carboxylic acids is 2. The van der Waals surface area contributed by atoms with Gasteiger partial charge in [0.25, 0.3) is 0 Å². The Morgan fingerprint density at radius 1 is 1.32 bits per heavy atom. The highest BCUT2D eigenvalue weighted by Crippen LogP contribution is 2.18. The van der Waals surface area contributed by atoms with Crippen LogP contribution in [-0.2, 0) is 14.3 Å². The lowest BCUT2D eigenvalue weighted by atomic mass is 10.1. The maximum atomic E-state index is 11.8. The van der Waals surface area contributed by atoms with Gasteiger partial charge in [-0.3, -0.25) is 9.59 Å². The van der Waals surface area contributed by atoms with E-state index >= 15 is 0 Å². The van der Waals surface area contributed by atoms with Gasteiger partial charge in [0.15, 0.2) is 0 Å². The van der Waals surface area contributed by atoms with Gasteiger partial charge >= 0.3 is 0 Å². The number of ether oxygens (including phenoxy) is 1. The van der Waals surface area contributed by atoms with E-state index in [9.17, 15) is 9.59 Å². The van der Waals surface area contributed by atoms with Gasteiger partial charge in [-0.2, -0.15) is 0 Å². The molecule has 0 aliphatic carbocycles. The van der Waals surface area contributed by atoms with E-state index in [-0.39, 0.29) is 17.9 Å². The molecule has 1 saturated heterocycles. The van der Waals surface area contributed by atoms with Gasteiger partial charge in [0, 0.05) is 24.9 Å². The number of hydrogen-bond acceptors (Lipinski definition) is 3. The topological polar surface area (TPSA) is 67.4 Å². The Labute approximate surface area is 112 Å². The van der Waals surface area contributed by atoms with E-state index in [1.807, 2.05) is 0 Å². The molecule has 102 valence electrons. The molecule has 0 bridgehead atoms. The largest absolute Gasteiger partial charge is 0.378 e. The number of carbonyl (C=O) groups is 2. The Bertz CT molecular complexity index is 468. The number of anilines is 2. The lowest BCUT2D eigenvalue weighted by Gasteiger charge is -2.10. The fourth-order valence-electron chi connectivity index (χ4n) is 2.10. The minimum absolute atomic E-state index is 0.0403. The second-order valence-corrected chi connectivity index (χ2v) is 4.65. The molecule has 0 spiro atoms. The van der Waals surface area contributed by atoms with Crippen LogP contribution in [0.3, 0.4) is 0 Å². The number of rotatable bonds is 4. The van der Waals surface area contributed by atoms with Crippen LogP contribution in [0.5, 0.6) is 0 Å². The molecule has 1 aliphatic rings. The smallest absolute Gasteiger partial charge is 0.226 e. The lowest BCUT2D eigenvalue weighted by Crippen LogP contribution is -2.19. The molecule has 5 nitrogen and oxygen atoms in total. The molecule has 0 radical (unpaired) electrons. The summed E-state index contributed by atoms with van der Waals surface area (Å²) in [6, 6.07) is 7.08. The Hall–Kier alpha value is -1.88. The SMILES string of the molecule is CC(=O)Nc1cccc(NC(=O)CC2CCCO2)c1. The number of hydrogen-bond donors (Lipinski definition) is 2. The van der Waals surface area contributed by atoms with Crippen molar-refractivity contribution in [1.82, 2.24) is 0 Å². The molecule has 2 amide bonds. The summed E-state index contributed by atoms with van der Waals surface area (Å²) in [5, 5.41) is 5.49. The summed E-state index contributed by atoms with van der Waals surface area (Å²) in [7, 11) is 0. The van der Waals surface area contributed by atoms with Crippen LogP contribution in [0.4, 0.5) is 11.4 Å². The molecule has 0 saturated carbocycles. The summed E-state index contributed by atoms with van der Waals surface area (Å²) in [6.07, 6.45) is 2.39. The molecule has 1 atom stereocenters. The van der Waals surface area contributed by atoms with Crippen molar-refractivity contribution in [3.63, 3.8) is 0 Å². The molecule has 5 heteroatoms. The van der Waals surface area contributed by atoms with Gasteiger partial charge in [0.1, 0.15) is 0 Å². The molecule has 0 aromatic heterocycles. The second-order valence-electron chi connectivity index (χ2n) is 4.65. The van der Waals surface area contributed by atoms with E-state index in [2.05, 4.69) is 10.6 Å². The van der Waals surface area contributed by atoms with E-state index in [4.69, 9.17) is 4.74 Å². The average Bonchev–Trinajstić information content (AvgIpc) is 2.81. The van der Waals surface area contributed by atoms with Gasteiger partial charge in [-0.15, -0.1) is 0 Å². The first-order chi connectivity index (χ1) is 9.13. The fourth-order valence-corrected chi connectivity index (χ4v) is 2.10. The molecule has 1 aliphatic heterocycles. The summed E-state index contributed by atoms with van der Waals surface area (Å²) in [5.41, 5.74) is 1.34. The maximum absolute atomic E-state index is 11.8. The summed E-state index contributed by atoms with van der Waals surface area (Å²) in [4.78, 5) is 22.8. The van der Waals surface area contributed by atoms with Crippen LogP contribution < -0.4 is 10.6 Å². The van der Waals surface area contributed by atoms with Crippen molar-refractivity contribution in [2.24, 2.45) is 0 Å². The normalized spacial score (nSPS) is 18.1. The molecular weight excluding hydrogens is 244 g/mol. The van der Waals surface area contributed by atoms with Crippen molar-refractivity contribution in [2.45, 2.75) is 32.3 Å². The molecule has 1 fully saturated rings. The third kappa shape index (κ3) is 4.37. The zero-order valence-corrected chi connectivity index (χ0v) is 10.9. The van der Waals surface area contributed by atoms with Crippen LogP contribution in [0.25, 0.3) is 0 Å². The first kappa shape index (κ1) is 13.5. The highest BCUT2D eigenvalue weighted by molar-refractivity contribution is 5.93. The monoisotopic (exact) mass is 262 g/mol. The molecule has 2 rings (SSSR count). The molecule has 1 aromatic carbocycles. The van der Waals surface area contributed by atoms with E-state index in [0.717, 1.165) is 19.4 Å². The van der Waals surface area contributed by atoms with Crippen LogP contribution >= 0.6 is 0 Å². The summed E-state index contributed by atoms with van der Waals surface area (Å²) in [5.74, 6) is -0.199. The summed E-state index contributed by atoms with van der Waals surface area (Å²) >= 11 is 0. The van der Waals surface area contributed by atoms with Crippen molar-refractivity contribution in [1.29, 1.82) is 0 Å². The molecule has 2 N–H and O–H groups in total. The first-order valence-corrected chi connectivity index (χ1v) is 6.42. The first-order valence-electron chi connectivity index (χ1n) is 6.42. The predicted octanol–water partition coefficient (Wildman–Crippen LogP) is 2.15. The van der Waals surface area contributed by atoms with E-state index in [0.29, 0.717) is 17.8 Å². The molecule has 19 heavy (non-hydrogen) atoms. The van der Waals surface area contributed by atoms with Gasteiger partial charge in [-0.1, -0.05) is 6.07 Å². The Balaban J connectivity index is 1.90. The lowest BCUT2D eigenvalue weighted by molar-refractivity contribution is -0.118. The van der Waals surface area contributed by atoms with Crippen LogP contribution in [0.1, 0.15) is 26.2 Å². The average molecular weight is 262 g/mol. The van der Waals surface area contributed by atoms with Crippen molar-refractivity contribution in [3.05, 3.63) is 24.3 Å². The highest BCUT2D eigenvalue weighted by Gasteiger charge is 2.19. The van der Waals surface area contributed by atoms with Crippen LogP contribution in [0.2, 0.25) is 0 Å². The number of benzene rings is 1. The molecule has 1 heterocycles. The van der Waals surface area contributed by atoms with Gasteiger partial charge in [-0.25, -0.2) is 0 Å². The Morgan fingerprint density at radius 2 is 2.05 bits per heavy atom. The van der Waals surface area contributed by atoms with Crippen molar-refractivity contribution >= 4 is 23.2 Å². The Kier molecular flexibility index (Phi) is 4.52. The second kappa shape index (κ2) is 6.33. The van der Waals surface area contributed by atoms with Crippen LogP contribution in [0.15, 0.2) is 24.3 Å². The Morgan fingerprint density at radius 3 is 2.68 bits per heavy atom. The zero-order valence-electron chi connectivity index (χ0n) is 10.9. The van der Waals surface area contributed by atoms with Crippen molar-refractivity contribution in [2.75, 3.05) is 17.2 Å². The van der Waals surface area contributed by atoms with Gasteiger partial charge < -0.3 is 15.4 Å². The summed E-state index contributed by atoms with van der Waals surface area (Å²) < 4.78 is 5.42. The molecule has 1 unspecified atom stereocenters. The minimum Gasteiger partial charge on any atom is -0.378 e. The third-order valence-corrected chi connectivity index (χ3v) is 2.90. The predicted molar refractivity (Wildman–Crippen MR) is 73.0 cm³/mol. The van der Waals surface area contributed by atoms with Crippen LogP contribution in [0, 0.1) is 0 Å². The van der Waals surface area contributed by atoms with Gasteiger partial charge in [0.2, 0.25) is 11.8 Å². The van der Waals surface area contributed by atoms with E-state index in [1.54, 1.807) is 24.3 Å². The zero-order chi connectivity index (χ0) is 13.7. The van der Waals surface area contributed by atoms with Crippen molar-refractivity contribution < 1.29 is 14.3 Å². The highest BCUT2D eigenvalue weighted by atomic mass is 16.5. The van der Waals surface area contributed by atoms with Gasteiger partial charge in [-0.05, 0) is 31.0 Å². The number of amides is 2. The van der Waals surface area contributed by atoms with Gasteiger partial charge in [0.05, 0.1) is 12.5 Å².